The molecule has 2 heterocycles. The topological polar surface area (TPSA) is 146 Å². The zero-order valence-electron chi connectivity index (χ0n) is 16.6. The van der Waals surface area contributed by atoms with Crippen molar-refractivity contribution in [3.05, 3.63) is 54.2 Å². The normalized spacial score (nSPS) is 14.8. The van der Waals surface area contributed by atoms with Crippen molar-refractivity contribution < 1.29 is 34.1 Å². The van der Waals surface area contributed by atoms with E-state index in [0.29, 0.717) is 13.0 Å². The molecule has 1 fully saturated rings. The summed E-state index contributed by atoms with van der Waals surface area (Å²) in [6, 6.07) is 13.4. The third-order valence-corrected chi connectivity index (χ3v) is 5.01. The number of pyridine rings is 1. The zero-order chi connectivity index (χ0) is 22.8. The van der Waals surface area contributed by atoms with Crippen LogP contribution >= 0.6 is 11.8 Å². The highest BCUT2D eigenvalue weighted by molar-refractivity contribution is 8.15. The van der Waals surface area contributed by atoms with E-state index in [1.165, 1.54) is 0 Å². The van der Waals surface area contributed by atoms with Crippen LogP contribution in [0.3, 0.4) is 0 Å². The first-order chi connectivity index (χ1) is 14.8. The number of carboxylic acids is 2. The van der Waals surface area contributed by atoms with Crippen LogP contribution in [-0.4, -0.2) is 63.7 Å². The van der Waals surface area contributed by atoms with Crippen molar-refractivity contribution in [1.29, 1.82) is 0 Å². The molecule has 0 aliphatic carbocycles. The number of thioether (sulfide) groups is 1. The van der Waals surface area contributed by atoms with Gasteiger partial charge in [0.15, 0.2) is 0 Å². The van der Waals surface area contributed by atoms with E-state index >= 15 is 0 Å². The molecule has 0 bridgehead atoms. The second-order valence-electron chi connectivity index (χ2n) is 6.30. The summed E-state index contributed by atoms with van der Waals surface area (Å²) in [4.78, 5) is 47.3. The molecule has 0 spiro atoms. The monoisotopic (exact) mass is 447 g/mol. The van der Waals surface area contributed by atoms with Crippen molar-refractivity contribution in [3.8, 4) is 5.75 Å². The van der Waals surface area contributed by atoms with E-state index in [9.17, 15) is 9.59 Å². The second-order valence-corrected chi connectivity index (χ2v) is 7.48. The Bertz CT molecular complexity index is 910. The van der Waals surface area contributed by atoms with E-state index in [4.69, 9.17) is 24.5 Å². The molecular formula is C20H21N3O7S. The fraction of sp³-hybridized carbons (Fsp3) is 0.250. The summed E-state index contributed by atoms with van der Waals surface area (Å²) in [5.41, 5.74) is 1.00. The molecule has 2 aromatic rings. The van der Waals surface area contributed by atoms with Gasteiger partial charge >= 0.3 is 11.9 Å². The largest absolute Gasteiger partial charge is 0.492 e. The number of imide groups is 1. The molecule has 1 aromatic heterocycles. The van der Waals surface area contributed by atoms with Gasteiger partial charge < -0.3 is 19.8 Å². The summed E-state index contributed by atoms with van der Waals surface area (Å²) in [7, 11) is 1.97. The van der Waals surface area contributed by atoms with Gasteiger partial charge in [-0.2, -0.15) is 0 Å². The molecule has 1 saturated heterocycles. The highest BCUT2D eigenvalue weighted by atomic mass is 32.2. The molecule has 1 aromatic carbocycles. The van der Waals surface area contributed by atoms with E-state index in [2.05, 4.69) is 10.3 Å². The number of hydrogen-bond donors (Lipinski definition) is 3. The van der Waals surface area contributed by atoms with Crippen LogP contribution in [0.2, 0.25) is 0 Å². The Morgan fingerprint density at radius 1 is 1.13 bits per heavy atom. The molecule has 31 heavy (non-hydrogen) atoms. The van der Waals surface area contributed by atoms with E-state index in [1.807, 2.05) is 54.4 Å². The number of aliphatic carboxylic acids is 2. The summed E-state index contributed by atoms with van der Waals surface area (Å²) in [5, 5.41) is 16.5. The molecule has 2 amide bonds. The lowest BCUT2D eigenvalue weighted by atomic mass is 10.1. The summed E-state index contributed by atoms with van der Waals surface area (Å²) < 4.78 is 5.75. The number of nitrogens with zero attached hydrogens (tertiary/aromatic N) is 2. The van der Waals surface area contributed by atoms with Crippen molar-refractivity contribution in [1.82, 2.24) is 10.3 Å². The Morgan fingerprint density at radius 2 is 1.81 bits per heavy atom. The maximum atomic E-state index is 11.6. The lowest BCUT2D eigenvalue weighted by molar-refractivity contribution is -0.159. The first kappa shape index (κ1) is 23.7. The van der Waals surface area contributed by atoms with Gasteiger partial charge in [0.05, 0.1) is 11.8 Å². The number of benzene rings is 1. The number of nitrogens with one attached hydrogen (secondary N) is 1. The van der Waals surface area contributed by atoms with Crippen LogP contribution in [0.15, 0.2) is 48.7 Å². The van der Waals surface area contributed by atoms with Crippen LogP contribution in [0.4, 0.5) is 10.6 Å². The predicted molar refractivity (Wildman–Crippen MR) is 113 cm³/mol. The average Bonchev–Trinajstić information content (AvgIpc) is 3.06. The standard InChI is InChI=1S/C18H19N3O3S.C2H2O4/c1-21(16-4-2-3-9-19-16)10-11-24-14-7-5-13(6-8-14)12-15-17(22)20-18(23)25-15;3-1(4)2(5)6/h2-9,15H,10-12H2,1H3,(H,20,22,23);(H,3,4)(H,5,6). The number of likely N-dealkylation sites (N-methyl/N-ethyl adjacent to an activating group) is 1. The number of hydrogen-bond acceptors (Lipinski definition) is 8. The van der Waals surface area contributed by atoms with Crippen LogP contribution in [-0.2, 0) is 20.8 Å². The molecule has 10 nitrogen and oxygen atoms in total. The number of aromatic nitrogens is 1. The molecule has 1 aliphatic heterocycles. The van der Waals surface area contributed by atoms with Crippen LogP contribution in [0.5, 0.6) is 5.75 Å². The van der Waals surface area contributed by atoms with E-state index < -0.39 is 11.9 Å². The van der Waals surface area contributed by atoms with Crippen molar-refractivity contribution in [2.75, 3.05) is 25.1 Å². The Labute approximate surface area is 182 Å². The lowest BCUT2D eigenvalue weighted by Crippen LogP contribution is -2.25. The van der Waals surface area contributed by atoms with Crippen LogP contribution in [0, 0.1) is 0 Å². The highest BCUT2D eigenvalue weighted by Crippen LogP contribution is 2.23. The minimum absolute atomic E-state index is 0.215. The summed E-state index contributed by atoms with van der Waals surface area (Å²) in [6.07, 6.45) is 2.30. The van der Waals surface area contributed by atoms with Crippen molar-refractivity contribution >= 4 is 40.7 Å². The maximum Gasteiger partial charge on any atom is 0.414 e. The first-order valence-corrected chi connectivity index (χ1v) is 9.96. The molecule has 0 radical (unpaired) electrons. The molecule has 1 atom stereocenters. The second kappa shape index (κ2) is 11.6. The summed E-state index contributed by atoms with van der Waals surface area (Å²) >= 11 is 1.05. The van der Waals surface area contributed by atoms with Crippen molar-refractivity contribution in [2.24, 2.45) is 0 Å². The third-order valence-electron chi connectivity index (χ3n) is 4.03. The van der Waals surface area contributed by atoms with Gasteiger partial charge in [-0.3, -0.25) is 14.9 Å². The van der Waals surface area contributed by atoms with E-state index in [0.717, 1.165) is 35.4 Å². The van der Waals surface area contributed by atoms with Crippen molar-refractivity contribution in [2.45, 2.75) is 11.7 Å². The minimum atomic E-state index is -1.82. The number of amides is 2. The van der Waals surface area contributed by atoms with Crippen LogP contribution in [0.25, 0.3) is 0 Å². The minimum Gasteiger partial charge on any atom is -0.492 e. The van der Waals surface area contributed by atoms with Gasteiger partial charge in [-0.25, -0.2) is 14.6 Å². The highest BCUT2D eigenvalue weighted by Gasteiger charge is 2.31. The summed E-state index contributed by atoms with van der Waals surface area (Å²) in [6.45, 7) is 1.27. The number of carbonyl (C=O) groups is 4. The Balaban J connectivity index is 0.000000501. The number of carboxylic acid groups (broad SMARTS) is 2. The number of ether oxygens (including phenoxy) is 1. The third kappa shape index (κ3) is 7.97. The zero-order valence-corrected chi connectivity index (χ0v) is 17.4. The Kier molecular flexibility index (Phi) is 8.82. The predicted octanol–water partition coefficient (Wildman–Crippen LogP) is 1.65. The smallest absolute Gasteiger partial charge is 0.414 e. The van der Waals surface area contributed by atoms with Gasteiger partial charge in [0.1, 0.15) is 18.2 Å². The van der Waals surface area contributed by atoms with Gasteiger partial charge in [0, 0.05) is 13.2 Å². The molecule has 1 unspecified atom stereocenters. The molecule has 11 heteroatoms. The lowest BCUT2D eigenvalue weighted by Gasteiger charge is -2.18. The number of rotatable bonds is 7. The fourth-order valence-corrected chi connectivity index (χ4v) is 3.32. The van der Waals surface area contributed by atoms with Gasteiger partial charge in [0.2, 0.25) is 5.91 Å². The molecule has 3 rings (SSSR count). The molecule has 0 saturated carbocycles. The Morgan fingerprint density at radius 3 is 2.32 bits per heavy atom. The average molecular weight is 447 g/mol. The van der Waals surface area contributed by atoms with Crippen LogP contribution < -0.4 is 15.0 Å². The molecular weight excluding hydrogens is 426 g/mol. The quantitative estimate of drug-likeness (QED) is 0.535. The molecule has 3 N–H and O–H groups in total. The van der Waals surface area contributed by atoms with E-state index in [1.54, 1.807) is 6.20 Å². The van der Waals surface area contributed by atoms with Gasteiger partial charge in [0.25, 0.3) is 5.24 Å². The molecule has 1 aliphatic rings. The summed E-state index contributed by atoms with van der Waals surface area (Å²) in [5.74, 6) is -2.18. The fourth-order valence-electron chi connectivity index (χ4n) is 2.46. The number of anilines is 1. The van der Waals surface area contributed by atoms with Crippen molar-refractivity contribution in [3.63, 3.8) is 0 Å². The molecule has 164 valence electrons. The number of carbonyl (C=O) groups excluding carboxylic acids is 2. The maximum absolute atomic E-state index is 11.6. The first-order valence-electron chi connectivity index (χ1n) is 9.08. The van der Waals surface area contributed by atoms with Gasteiger partial charge in [-0.05, 0) is 36.2 Å². The van der Waals surface area contributed by atoms with Gasteiger partial charge in [-0.15, -0.1) is 0 Å². The van der Waals surface area contributed by atoms with E-state index in [-0.39, 0.29) is 16.4 Å². The Hall–Kier alpha value is -3.60. The van der Waals surface area contributed by atoms with Crippen LogP contribution in [0.1, 0.15) is 5.56 Å². The SMILES string of the molecule is CN(CCOc1ccc(CC2SC(=O)NC2=O)cc1)c1ccccn1.O=C(O)C(=O)O. The van der Waals surface area contributed by atoms with Gasteiger partial charge in [-0.1, -0.05) is 30.0 Å².